The number of hydrogen-bond acceptors (Lipinski definition) is 4. The summed E-state index contributed by atoms with van der Waals surface area (Å²) in [5.41, 5.74) is 2.20. The van der Waals surface area contributed by atoms with Gasteiger partial charge in [0.1, 0.15) is 17.1 Å². The van der Waals surface area contributed by atoms with E-state index < -0.39 is 0 Å². The normalized spacial score (nSPS) is 10.7. The second kappa shape index (κ2) is 6.52. The van der Waals surface area contributed by atoms with E-state index in [4.69, 9.17) is 9.15 Å². The number of furan rings is 1. The number of rotatable bonds is 5. The molecule has 0 amide bonds. The van der Waals surface area contributed by atoms with E-state index in [0.29, 0.717) is 30.2 Å². The molecular formula is C18H18N2O3. The summed E-state index contributed by atoms with van der Waals surface area (Å²) >= 11 is 0. The average molecular weight is 310 g/mol. The largest absolute Gasteiger partial charge is 0.462 e. The summed E-state index contributed by atoms with van der Waals surface area (Å²) in [6, 6.07) is 11.6. The number of hydrogen-bond donors (Lipinski definition) is 0. The Bertz CT molecular complexity index is 789. The van der Waals surface area contributed by atoms with Crippen molar-refractivity contribution in [1.29, 1.82) is 0 Å². The van der Waals surface area contributed by atoms with E-state index in [1.165, 1.54) is 0 Å². The minimum Gasteiger partial charge on any atom is -0.462 e. The zero-order valence-corrected chi connectivity index (χ0v) is 13.2. The first kappa shape index (κ1) is 15.1. The van der Waals surface area contributed by atoms with E-state index in [1.807, 2.05) is 42.6 Å². The van der Waals surface area contributed by atoms with E-state index in [-0.39, 0.29) is 5.97 Å². The zero-order valence-electron chi connectivity index (χ0n) is 13.2. The Morgan fingerprint density at radius 3 is 2.70 bits per heavy atom. The fourth-order valence-electron chi connectivity index (χ4n) is 2.59. The van der Waals surface area contributed by atoms with Crippen molar-refractivity contribution in [3.8, 4) is 11.3 Å². The van der Waals surface area contributed by atoms with Crippen LogP contribution in [0, 0.1) is 6.92 Å². The molecule has 0 radical (unpaired) electrons. The fraction of sp³-hybridized carbons (Fsp3) is 0.222. The van der Waals surface area contributed by atoms with Crippen molar-refractivity contribution in [1.82, 2.24) is 9.78 Å². The first-order valence-corrected chi connectivity index (χ1v) is 7.53. The van der Waals surface area contributed by atoms with Gasteiger partial charge >= 0.3 is 5.97 Å². The molecule has 3 rings (SSSR count). The molecule has 5 nitrogen and oxygen atoms in total. The summed E-state index contributed by atoms with van der Waals surface area (Å²) in [7, 11) is 0. The second-order valence-electron chi connectivity index (χ2n) is 5.13. The topological polar surface area (TPSA) is 57.3 Å². The van der Waals surface area contributed by atoms with Gasteiger partial charge in [0, 0.05) is 23.5 Å². The van der Waals surface area contributed by atoms with Crippen molar-refractivity contribution in [2.75, 3.05) is 6.61 Å². The van der Waals surface area contributed by atoms with E-state index in [9.17, 15) is 4.79 Å². The standard InChI is InChI=1S/C18H18N2O3/c1-3-22-18(21)16-13(2)23-17(14-8-5-4-6-9-14)15(16)12-20-11-7-10-19-20/h4-11H,3,12H2,1-2H3. The molecule has 0 fully saturated rings. The molecule has 0 spiro atoms. The second-order valence-corrected chi connectivity index (χ2v) is 5.13. The van der Waals surface area contributed by atoms with E-state index in [2.05, 4.69) is 5.10 Å². The van der Waals surface area contributed by atoms with Gasteiger partial charge in [-0.15, -0.1) is 0 Å². The van der Waals surface area contributed by atoms with Crippen LogP contribution >= 0.6 is 0 Å². The van der Waals surface area contributed by atoms with E-state index >= 15 is 0 Å². The van der Waals surface area contributed by atoms with Crippen LogP contribution in [-0.2, 0) is 11.3 Å². The Hall–Kier alpha value is -2.82. The van der Waals surface area contributed by atoms with Crippen molar-refractivity contribution in [3.63, 3.8) is 0 Å². The van der Waals surface area contributed by atoms with E-state index in [1.54, 1.807) is 24.7 Å². The third kappa shape index (κ3) is 3.04. The molecular weight excluding hydrogens is 292 g/mol. The molecule has 0 saturated carbocycles. The van der Waals surface area contributed by atoms with Crippen LogP contribution in [0.4, 0.5) is 0 Å². The maximum Gasteiger partial charge on any atom is 0.342 e. The zero-order chi connectivity index (χ0) is 16.2. The molecule has 0 aliphatic heterocycles. The lowest BCUT2D eigenvalue weighted by Crippen LogP contribution is -2.10. The number of ether oxygens (including phenoxy) is 1. The Labute approximate surface area is 134 Å². The highest BCUT2D eigenvalue weighted by molar-refractivity contribution is 5.94. The van der Waals surface area contributed by atoms with E-state index in [0.717, 1.165) is 11.1 Å². The Balaban J connectivity index is 2.12. The van der Waals surface area contributed by atoms with Gasteiger partial charge in [-0.2, -0.15) is 5.10 Å². The molecule has 1 aromatic carbocycles. The highest BCUT2D eigenvalue weighted by atomic mass is 16.5. The number of carbonyl (C=O) groups excluding carboxylic acids is 1. The maximum atomic E-state index is 12.3. The number of nitrogens with zero attached hydrogens (tertiary/aromatic N) is 2. The Kier molecular flexibility index (Phi) is 4.28. The first-order valence-electron chi connectivity index (χ1n) is 7.53. The van der Waals surface area contributed by atoms with Crippen LogP contribution in [-0.4, -0.2) is 22.4 Å². The molecule has 5 heteroatoms. The molecule has 0 aliphatic carbocycles. The third-order valence-electron chi connectivity index (χ3n) is 3.58. The molecule has 0 bridgehead atoms. The summed E-state index contributed by atoms with van der Waals surface area (Å²) in [5, 5.41) is 4.22. The Morgan fingerprint density at radius 1 is 1.26 bits per heavy atom. The quantitative estimate of drug-likeness (QED) is 0.675. The van der Waals surface area contributed by atoms with Crippen molar-refractivity contribution in [2.24, 2.45) is 0 Å². The molecule has 2 heterocycles. The molecule has 118 valence electrons. The van der Waals surface area contributed by atoms with Crippen molar-refractivity contribution >= 4 is 5.97 Å². The van der Waals surface area contributed by atoms with Crippen LogP contribution in [0.2, 0.25) is 0 Å². The van der Waals surface area contributed by atoms with Crippen LogP contribution in [0.3, 0.4) is 0 Å². The molecule has 0 aliphatic rings. The summed E-state index contributed by atoms with van der Waals surface area (Å²) in [6.07, 6.45) is 3.56. The molecule has 0 unspecified atom stereocenters. The smallest absolute Gasteiger partial charge is 0.342 e. The molecule has 3 aromatic rings. The maximum absolute atomic E-state index is 12.3. The predicted molar refractivity (Wildman–Crippen MR) is 86.2 cm³/mol. The number of benzene rings is 1. The molecule has 23 heavy (non-hydrogen) atoms. The minimum atomic E-state index is -0.363. The molecule has 0 N–H and O–H groups in total. The fourth-order valence-corrected chi connectivity index (χ4v) is 2.59. The van der Waals surface area contributed by atoms with Gasteiger partial charge in [-0.25, -0.2) is 4.79 Å². The monoisotopic (exact) mass is 310 g/mol. The molecule has 2 aromatic heterocycles. The highest BCUT2D eigenvalue weighted by Gasteiger charge is 2.25. The number of aromatic nitrogens is 2. The van der Waals surface area contributed by atoms with Gasteiger partial charge < -0.3 is 9.15 Å². The summed E-state index contributed by atoms with van der Waals surface area (Å²) in [5.74, 6) is 0.879. The van der Waals surface area contributed by atoms with Crippen molar-refractivity contribution in [3.05, 3.63) is 65.7 Å². The van der Waals surface area contributed by atoms with Crippen LogP contribution in [0.5, 0.6) is 0 Å². The van der Waals surface area contributed by atoms with Gasteiger partial charge in [-0.1, -0.05) is 30.3 Å². The number of esters is 1. The van der Waals surface area contributed by atoms with Gasteiger partial charge in [-0.05, 0) is 19.9 Å². The van der Waals surface area contributed by atoms with Crippen LogP contribution in [0.25, 0.3) is 11.3 Å². The van der Waals surface area contributed by atoms with Gasteiger partial charge in [0.25, 0.3) is 0 Å². The first-order chi connectivity index (χ1) is 11.2. The lowest BCUT2D eigenvalue weighted by molar-refractivity contribution is 0.0523. The molecule has 0 atom stereocenters. The van der Waals surface area contributed by atoms with Crippen molar-refractivity contribution in [2.45, 2.75) is 20.4 Å². The van der Waals surface area contributed by atoms with Crippen LogP contribution < -0.4 is 0 Å². The predicted octanol–water partition coefficient (Wildman–Crippen LogP) is 3.68. The summed E-state index contributed by atoms with van der Waals surface area (Å²) in [4.78, 5) is 12.3. The third-order valence-corrected chi connectivity index (χ3v) is 3.58. The summed E-state index contributed by atoms with van der Waals surface area (Å²) < 4.78 is 12.9. The van der Waals surface area contributed by atoms with Crippen LogP contribution in [0.1, 0.15) is 28.6 Å². The number of aryl methyl sites for hydroxylation is 1. The van der Waals surface area contributed by atoms with Crippen molar-refractivity contribution < 1.29 is 13.9 Å². The SMILES string of the molecule is CCOC(=O)c1c(C)oc(-c2ccccc2)c1Cn1cccn1. The number of carbonyl (C=O) groups is 1. The molecule has 0 saturated heterocycles. The van der Waals surface area contributed by atoms with Gasteiger partial charge in [0.2, 0.25) is 0 Å². The Morgan fingerprint density at radius 2 is 2.04 bits per heavy atom. The van der Waals surface area contributed by atoms with Crippen LogP contribution in [0.15, 0.2) is 53.2 Å². The van der Waals surface area contributed by atoms with Gasteiger partial charge in [0.15, 0.2) is 0 Å². The van der Waals surface area contributed by atoms with Gasteiger partial charge in [-0.3, -0.25) is 4.68 Å². The minimum absolute atomic E-state index is 0.325. The lowest BCUT2D eigenvalue weighted by Gasteiger charge is -2.07. The average Bonchev–Trinajstić information content (AvgIpc) is 3.17. The van der Waals surface area contributed by atoms with Gasteiger partial charge in [0.05, 0.1) is 13.2 Å². The summed E-state index contributed by atoms with van der Waals surface area (Å²) in [6.45, 7) is 4.35. The lowest BCUT2D eigenvalue weighted by atomic mass is 10.0. The highest BCUT2D eigenvalue weighted by Crippen LogP contribution is 2.32.